The summed E-state index contributed by atoms with van der Waals surface area (Å²) in [6, 6.07) is 12.9. The standard InChI is InChI=1S/C25H22FN3O4S/c1-14-11-16(15(2)28(14)18-7-5-17(26)6-8-18)12-20-23(30)27-25(34)29(24(20)31)21-10-9-19(32-3)13-22(21)33-4/h5-13H,1-4H3,(H,27,30,34)/b20-12+. The molecule has 0 bridgehead atoms. The molecule has 1 saturated heterocycles. The third-order valence-corrected chi connectivity index (χ3v) is 5.87. The van der Waals surface area contributed by atoms with Gasteiger partial charge in [-0.25, -0.2) is 9.29 Å². The zero-order valence-corrected chi connectivity index (χ0v) is 19.8. The SMILES string of the molecule is COc1ccc(N2C(=O)/C(=C/c3cc(C)n(-c4ccc(F)cc4)c3C)C(=O)NC2=S)c(OC)c1. The number of halogens is 1. The highest BCUT2D eigenvalue weighted by atomic mass is 32.1. The number of aromatic nitrogens is 1. The van der Waals surface area contributed by atoms with Crippen molar-refractivity contribution in [1.29, 1.82) is 0 Å². The van der Waals surface area contributed by atoms with Gasteiger partial charge in [0.05, 0.1) is 19.9 Å². The topological polar surface area (TPSA) is 72.8 Å². The highest BCUT2D eigenvalue weighted by Gasteiger charge is 2.36. The van der Waals surface area contributed by atoms with Crippen molar-refractivity contribution in [3.05, 3.63) is 76.9 Å². The van der Waals surface area contributed by atoms with Crippen LogP contribution < -0.4 is 19.7 Å². The van der Waals surface area contributed by atoms with Gasteiger partial charge in [-0.3, -0.25) is 14.9 Å². The number of amides is 2. The molecule has 1 aliphatic heterocycles. The molecule has 1 fully saturated rings. The molecule has 2 heterocycles. The number of carbonyl (C=O) groups is 2. The summed E-state index contributed by atoms with van der Waals surface area (Å²) in [6.45, 7) is 3.76. The Labute approximate surface area is 201 Å². The fourth-order valence-corrected chi connectivity index (χ4v) is 4.20. The molecule has 1 aliphatic rings. The Hall–Kier alpha value is -3.98. The van der Waals surface area contributed by atoms with Gasteiger partial charge < -0.3 is 14.0 Å². The number of methoxy groups -OCH3 is 2. The van der Waals surface area contributed by atoms with Gasteiger partial charge in [0.15, 0.2) is 5.11 Å². The zero-order chi connectivity index (χ0) is 24.6. The van der Waals surface area contributed by atoms with Gasteiger partial charge in [0.2, 0.25) is 0 Å². The monoisotopic (exact) mass is 479 g/mol. The van der Waals surface area contributed by atoms with Crippen molar-refractivity contribution >= 4 is 40.9 Å². The van der Waals surface area contributed by atoms with Crippen molar-refractivity contribution in [3.63, 3.8) is 0 Å². The summed E-state index contributed by atoms with van der Waals surface area (Å²) in [6.07, 6.45) is 1.53. The van der Waals surface area contributed by atoms with Gasteiger partial charge in [-0.15, -0.1) is 0 Å². The molecule has 1 N–H and O–H groups in total. The van der Waals surface area contributed by atoms with Crippen LogP contribution in [0.5, 0.6) is 11.5 Å². The highest BCUT2D eigenvalue weighted by molar-refractivity contribution is 7.80. The Balaban J connectivity index is 1.77. The van der Waals surface area contributed by atoms with Crippen LogP contribution in [0.3, 0.4) is 0 Å². The van der Waals surface area contributed by atoms with Crippen LogP contribution in [0.4, 0.5) is 10.1 Å². The predicted molar refractivity (Wildman–Crippen MR) is 131 cm³/mol. The van der Waals surface area contributed by atoms with E-state index >= 15 is 0 Å². The summed E-state index contributed by atoms with van der Waals surface area (Å²) >= 11 is 5.30. The second kappa shape index (κ2) is 9.11. The first-order valence-corrected chi connectivity index (χ1v) is 10.7. The van der Waals surface area contributed by atoms with Crippen LogP contribution in [0, 0.1) is 19.7 Å². The van der Waals surface area contributed by atoms with E-state index in [0.29, 0.717) is 22.7 Å². The number of benzene rings is 2. The molecular weight excluding hydrogens is 457 g/mol. The fourth-order valence-electron chi connectivity index (χ4n) is 3.92. The van der Waals surface area contributed by atoms with Crippen LogP contribution in [0.2, 0.25) is 0 Å². The number of nitrogens with zero attached hydrogens (tertiary/aromatic N) is 2. The number of ether oxygens (including phenoxy) is 2. The van der Waals surface area contributed by atoms with Gasteiger partial charge in [-0.05, 0) is 80.2 Å². The normalized spacial score (nSPS) is 15.0. The Morgan fingerprint density at radius 3 is 2.35 bits per heavy atom. The van der Waals surface area contributed by atoms with Gasteiger partial charge in [0, 0.05) is 23.1 Å². The number of hydrogen-bond donors (Lipinski definition) is 1. The molecule has 2 aromatic carbocycles. The van der Waals surface area contributed by atoms with Gasteiger partial charge in [0.1, 0.15) is 22.9 Å². The van der Waals surface area contributed by atoms with Crippen LogP contribution in [0.1, 0.15) is 17.0 Å². The first-order valence-electron chi connectivity index (χ1n) is 10.3. The number of nitrogens with one attached hydrogen (secondary N) is 1. The molecule has 7 nitrogen and oxygen atoms in total. The molecule has 2 amide bonds. The first kappa shape index (κ1) is 23.2. The second-order valence-corrected chi connectivity index (χ2v) is 8.02. The Kier molecular flexibility index (Phi) is 6.21. The lowest BCUT2D eigenvalue weighted by Gasteiger charge is -2.30. The van der Waals surface area contributed by atoms with E-state index in [-0.39, 0.29) is 16.5 Å². The summed E-state index contributed by atoms with van der Waals surface area (Å²) in [7, 11) is 2.99. The van der Waals surface area contributed by atoms with Crippen molar-refractivity contribution in [2.75, 3.05) is 19.1 Å². The fraction of sp³-hybridized carbons (Fsp3) is 0.160. The molecule has 3 aromatic rings. The third-order valence-electron chi connectivity index (χ3n) is 5.58. The lowest BCUT2D eigenvalue weighted by Crippen LogP contribution is -2.54. The molecule has 0 atom stereocenters. The number of rotatable bonds is 5. The van der Waals surface area contributed by atoms with Gasteiger partial charge in [-0.1, -0.05) is 0 Å². The molecule has 0 saturated carbocycles. The Morgan fingerprint density at radius 1 is 1.00 bits per heavy atom. The van der Waals surface area contributed by atoms with Crippen LogP contribution >= 0.6 is 12.2 Å². The minimum atomic E-state index is -0.592. The van der Waals surface area contributed by atoms with Crippen LogP contribution in [0.25, 0.3) is 11.8 Å². The summed E-state index contributed by atoms with van der Waals surface area (Å²) in [4.78, 5) is 27.4. The molecule has 0 radical (unpaired) electrons. The second-order valence-electron chi connectivity index (χ2n) is 7.63. The maximum atomic E-state index is 13.5. The average molecular weight is 480 g/mol. The van der Waals surface area contributed by atoms with Gasteiger partial charge in [0.25, 0.3) is 11.8 Å². The summed E-state index contributed by atoms with van der Waals surface area (Å²) < 4.78 is 25.9. The highest BCUT2D eigenvalue weighted by Crippen LogP contribution is 2.34. The van der Waals surface area contributed by atoms with E-state index in [4.69, 9.17) is 21.7 Å². The first-order chi connectivity index (χ1) is 16.2. The lowest BCUT2D eigenvalue weighted by molar-refractivity contribution is -0.122. The van der Waals surface area contributed by atoms with Crippen molar-refractivity contribution in [3.8, 4) is 17.2 Å². The van der Waals surface area contributed by atoms with Crippen molar-refractivity contribution in [1.82, 2.24) is 9.88 Å². The number of hydrogen-bond acceptors (Lipinski definition) is 5. The molecule has 34 heavy (non-hydrogen) atoms. The van der Waals surface area contributed by atoms with Crippen molar-refractivity contribution < 1.29 is 23.5 Å². The minimum Gasteiger partial charge on any atom is -0.497 e. The van der Waals surface area contributed by atoms with E-state index in [9.17, 15) is 14.0 Å². The van der Waals surface area contributed by atoms with Crippen LogP contribution in [-0.4, -0.2) is 35.7 Å². The van der Waals surface area contributed by atoms with E-state index in [1.54, 1.807) is 30.3 Å². The Bertz CT molecular complexity index is 1340. The summed E-state index contributed by atoms with van der Waals surface area (Å²) in [5, 5.41) is 2.53. The van der Waals surface area contributed by atoms with E-state index in [2.05, 4.69) is 5.32 Å². The quantitative estimate of drug-likeness (QED) is 0.339. The predicted octanol–water partition coefficient (Wildman–Crippen LogP) is 4.08. The molecule has 4 rings (SSSR count). The number of anilines is 1. The third kappa shape index (κ3) is 4.06. The minimum absolute atomic E-state index is 0.0487. The molecule has 0 aliphatic carbocycles. The number of carbonyl (C=O) groups excluding carboxylic acids is 2. The molecule has 174 valence electrons. The van der Waals surface area contributed by atoms with Crippen LogP contribution in [-0.2, 0) is 9.59 Å². The maximum absolute atomic E-state index is 13.5. The number of aryl methyl sites for hydroxylation is 1. The average Bonchev–Trinajstić information content (AvgIpc) is 3.10. The van der Waals surface area contributed by atoms with E-state index in [0.717, 1.165) is 17.1 Å². The smallest absolute Gasteiger partial charge is 0.270 e. The van der Waals surface area contributed by atoms with E-state index in [1.165, 1.54) is 37.3 Å². The summed E-state index contributed by atoms with van der Waals surface area (Å²) in [5.74, 6) is -0.596. The Morgan fingerprint density at radius 2 is 1.71 bits per heavy atom. The van der Waals surface area contributed by atoms with Crippen LogP contribution in [0.15, 0.2) is 54.1 Å². The number of thiocarbonyl (C=S) groups is 1. The molecule has 1 aromatic heterocycles. The van der Waals surface area contributed by atoms with E-state index in [1.807, 2.05) is 24.5 Å². The van der Waals surface area contributed by atoms with Crippen molar-refractivity contribution in [2.24, 2.45) is 0 Å². The lowest BCUT2D eigenvalue weighted by atomic mass is 10.1. The van der Waals surface area contributed by atoms with Gasteiger partial charge in [-0.2, -0.15) is 0 Å². The van der Waals surface area contributed by atoms with Gasteiger partial charge >= 0.3 is 0 Å². The molecule has 0 spiro atoms. The van der Waals surface area contributed by atoms with E-state index < -0.39 is 11.8 Å². The molecule has 9 heteroatoms. The summed E-state index contributed by atoms with van der Waals surface area (Å²) in [5.41, 5.74) is 3.40. The molecular formula is C25H22FN3O4S. The zero-order valence-electron chi connectivity index (χ0n) is 19.0. The largest absolute Gasteiger partial charge is 0.497 e. The van der Waals surface area contributed by atoms with Crippen molar-refractivity contribution in [2.45, 2.75) is 13.8 Å². The molecule has 0 unspecified atom stereocenters. The maximum Gasteiger partial charge on any atom is 0.270 e.